The molecule has 0 aliphatic rings. The lowest BCUT2D eigenvalue weighted by Crippen LogP contribution is -2.19. The molecular weight excluding hydrogens is 404 g/mol. The molecule has 1 amide bonds. The van der Waals surface area contributed by atoms with Gasteiger partial charge in [-0.15, -0.1) is 0 Å². The van der Waals surface area contributed by atoms with E-state index in [1.807, 2.05) is 22.6 Å². The first-order valence-corrected chi connectivity index (χ1v) is 6.55. The third kappa shape index (κ3) is 4.54. The second-order valence-electron chi connectivity index (χ2n) is 3.85. The summed E-state index contributed by atoms with van der Waals surface area (Å²) in [5, 5.41) is 13.4. The van der Waals surface area contributed by atoms with Gasteiger partial charge in [-0.3, -0.25) is 14.6 Å². The lowest BCUT2D eigenvalue weighted by Gasteiger charge is -2.04. The van der Waals surface area contributed by atoms with Crippen molar-refractivity contribution in [3.8, 4) is 0 Å². The number of aromatic amines is 1. The van der Waals surface area contributed by atoms with Crippen LogP contribution < -0.4 is 5.43 Å². The summed E-state index contributed by atoms with van der Waals surface area (Å²) >= 11 is 1.92. The van der Waals surface area contributed by atoms with Crippen molar-refractivity contribution in [1.29, 1.82) is 0 Å². The Morgan fingerprint density at radius 1 is 1.57 bits per heavy atom. The molecule has 0 fully saturated rings. The first kappa shape index (κ1) is 15.5. The van der Waals surface area contributed by atoms with Crippen LogP contribution in [-0.2, 0) is 6.54 Å². The molecule has 7 nitrogen and oxygen atoms in total. The predicted molar refractivity (Wildman–Crippen MR) is 74.6 cm³/mol. The summed E-state index contributed by atoms with van der Waals surface area (Å²) in [7, 11) is 0. The topological polar surface area (TPSA) is 88.0 Å². The highest BCUT2D eigenvalue weighted by Gasteiger charge is 2.28. The molecule has 0 bridgehead atoms. The highest BCUT2D eigenvalue weighted by molar-refractivity contribution is 14.1. The molecule has 112 valence electrons. The molecule has 2 aromatic heterocycles. The molecule has 0 aliphatic carbocycles. The molecule has 21 heavy (non-hydrogen) atoms. The van der Waals surface area contributed by atoms with Crippen molar-refractivity contribution >= 4 is 34.7 Å². The number of rotatable bonds is 4. The maximum absolute atomic E-state index is 12.1. The van der Waals surface area contributed by atoms with Crippen molar-refractivity contribution < 1.29 is 18.0 Å². The van der Waals surface area contributed by atoms with Gasteiger partial charge >= 0.3 is 6.18 Å². The van der Waals surface area contributed by atoms with Crippen LogP contribution in [0.4, 0.5) is 13.2 Å². The van der Waals surface area contributed by atoms with Crippen LogP contribution in [0.25, 0.3) is 0 Å². The van der Waals surface area contributed by atoms with Crippen LogP contribution in [0.3, 0.4) is 0 Å². The molecule has 0 aliphatic heterocycles. The van der Waals surface area contributed by atoms with E-state index in [0.717, 1.165) is 10.9 Å². The minimum Gasteiger partial charge on any atom is -0.272 e. The number of carbonyl (C=O) groups is 1. The number of hydrogen-bond donors (Lipinski definition) is 2. The number of nitrogens with one attached hydrogen (secondary N) is 2. The number of amides is 1. The number of aromatic nitrogens is 4. The van der Waals surface area contributed by atoms with Gasteiger partial charge in [-0.05, 0) is 28.7 Å². The first-order valence-electron chi connectivity index (χ1n) is 5.47. The predicted octanol–water partition coefficient (Wildman–Crippen LogP) is 1.54. The lowest BCUT2D eigenvalue weighted by atomic mass is 10.4. The van der Waals surface area contributed by atoms with Gasteiger partial charge in [-0.25, -0.2) is 5.43 Å². The molecular formula is C10H8F3IN6O. The molecule has 0 spiro atoms. The number of hydrazone groups is 1. The van der Waals surface area contributed by atoms with Crippen molar-refractivity contribution in [3.05, 3.63) is 33.4 Å². The van der Waals surface area contributed by atoms with E-state index in [-0.39, 0.29) is 11.4 Å². The third-order valence-electron chi connectivity index (χ3n) is 2.19. The van der Waals surface area contributed by atoms with Crippen molar-refractivity contribution in [3.63, 3.8) is 0 Å². The second-order valence-corrected chi connectivity index (χ2v) is 5.01. The zero-order chi connectivity index (χ0) is 15.5. The zero-order valence-corrected chi connectivity index (χ0v) is 12.4. The Kier molecular flexibility index (Phi) is 4.59. The monoisotopic (exact) mass is 412 g/mol. The molecule has 0 saturated heterocycles. The van der Waals surface area contributed by atoms with E-state index >= 15 is 0 Å². The van der Waals surface area contributed by atoms with Gasteiger partial charge in [0.15, 0.2) is 0 Å². The molecule has 2 heterocycles. The molecule has 0 atom stereocenters. The standard InChI is InChI=1S/C10H8F3IN6O/c11-10(12,13)5-20-2-1-6(19-20)3-15-18-9(21)8-7(14)4-16-17-8/h1-4H,5H2,(H,16,17)(H,18,21)/b15-3+. The van der Waals surface area contributed by atoms with E-state index in [0.29, 0.717) is 3.57 Å². The smallest absolute Gasteiger partial charge is 0.272 e. The zero-order valence-electron chi connectivity index (χ0n) is 10.2. The van der Waals surface area contributed by atoms with Crippen LogP contribution in [0.5, 0.6) is 0 Å². The molecule has 0 radical (unpaired) electrons. The van der Waals surface area contributed by atoms with Gasteiger partial charge in [0.1, 0.15) is 17.9 Å². The van der Waals surface area contributed by atoms with Crippen LogP contribution in [0.2, 0.25) is 0 Å². The van der Waals surface area contributed by atoms with Gasteiger partial charge in [0.2, 0.25) is 0 Å². The fourth-order valence-corrected chi connectivity index (χ4v) is 1.87. The molecule has 11 heteroatoms. The maximum atomic E-state index is 12.1. The second kappa shape index (κ2) is 6.24. The fourth-order valence-electron chi connectivity index (χ4n) is 1.36. The number of alkyl halides is 3. The van der Waals surface area contributed by atoms with E-state index in [4.69, 9.17) is 0 Å². The average Bonchev–Trinajstić information content (AvgIpc) is 2.96. The van der Waals surface area contributed by atoms with Crippen LogP contribution >= 0.6 is 22.6 Å². The van der Waals surface area contributed by atoms with E-state index in [2.05, 4.69) is 25.8 Å². The normalized spacial score (nSPS) is 12.0. The summed E-state index contributed by atoms with van der Waals surface area (Å²) in [6.07, 6.45) is -0.549. The van der Waals surface area contributed by atoms with Crippen LogP contribution in [0.15, 0.2) is 23.6 Å². The number of halogens is 4. The lowest BCUT2D eigenvalue weighted by molar-refractivity contribution is -0.142. The van der Waals surface area contributed by atoms with Gasteiger partial charge in [-0.1, -0.05) is 0 Å². The quantitative estimate of drug-likeness (QED) is 0.454. The van der Waals surface area contributed by atoms with E-state index in [9.17, 15) is 18.0 Å². The summed E-state index contributed by atoms with van der Waals surface area (Å²) in [6, 6.07) is 1.35. The van der Waals surface area contributed by atoms with Gasteiger partial charge in [0.05, 0.1) is 16.0 Å². The van der Waals surface area contributed by atoms with E-state index in [1.165, 1.54) is 18.5 Å². The van der Waals surface area contributed by atoms with Crippen molar-refractivity contribution in [2.75, 3.05) is 0 Å². The Morgan fingerprint density at radius 2 is 2.33 bits per heavy atom. The number of H-pyrrole nitrogens is 1. The Bertz CT molecular complexity index is 662. The summed E-state index contributed by atoms with van der Waals surface area (Å²) in [4.78, 5) is 11.6. The average molecular weight is 412 g/mol. The van der Waals surface area contributed by atoms with E-state index in [1.54, 1.807) is 0 Å². The molecule has 0 unspecified atom stereocenters. The molecule has 2 aromatic rings. The van der Waals surface area contributed by atoms with Crippen LogP contribution in [-0.4, -0.2) is 38.3 Å². The SMILES string of the molecule is O=C(N/N=C/c1ccn(CC(F)(F)F)n1)c1[nH]ncc1I. The Labute approximate surface area is 129 Å². The third-order valence-corrected chi connectivity index (χ3v) is 3.00. The molecule has 0 saturated carbocycles. The van der Waals surface area contributed by atoms with E-state index < -0.39 is 18.6 Å². The minimum atomic E-state index is -4.34. The summed E-state index contributed by atoms with van der Waals surface area (Å²) in [6.45, 7) is -1.18. The number of carbonyl (C=O) groups excluding carboxylic acids is 1. The molecule has 2 N–H and O–H groups in total. The largest absolute Gasteiger partial charge is 0.408 e. The molecule has 0 aromatic carbocycles. The summed E-state index contributed by atoms with van der Waals surface area (Å²) in [5.74, 6) is -0.511. The van der Waals surface area contributed by atoms with Gasteiger partial charge < -0.3 is 0 Å². The van der Waals surface area contributed by atoms with Crippen LogP contribution in [0.1, 0.15) is 16.2 Å². The highest BCUT2D eigenvalue weighted by Crippen LogP contribution is 2.16. The summed E-state index contributed by atoms with van der Waals surface area (Å²) in [5.41, 5.74) is 2.65. The van der Waals surface area contributed by atoms with Crippen LogP contribution in [0, 0.1) is 3.57 Å². The van der Waals surface area contributed by atoms with Gasteiger partial charge in [0.25, 0.3) is 5.91 Å². The number of hydrogen-bond acceptors (Lipinski definition) is 4. The Hall–Kier alpha value is -1.92. The number of nitrogens with zero attached hydrogens (tertiary/aromatic N) is 4. The fraction of sp³-hybridized carbons (Fsp3) is 0.200. The minimum absolute atomic E-state index is 0.193. The maximum Gasteiger partial charge on any atom is 0.408 e. The molecule has 2 rings (SSSR count). The van der Waals surface area contributed by atoms with Crippen molar-refractivity contribution in [2.45, 2.75) is 12.7 Å². The van der Waals surface area contributed by atoms with Crippen molar-refractivity contribution in [2.24, 2.45) is 5.10 Å². The Morgan fingerprint density at radius 3 is 2.95 bits per heavy atom. The summed E-state index contributed by atoms with van der Waals surface area (Å²) < 4.78 is 37.8. The van der Waals surface area contributed by atoms with Gasteiger partial charge in [-0.2, -0.15) is 28.5 Å². The van der Waals surface area contributed by atoms with Crippen molar-refractivity contribution in [1.82, 2.24) is 25.4 Å². The Balaban J connectivity index is 1.93. The van der Waals surface area contributed by atoms with Gasteiger partial charge in [0, 0.05) is 6.20 Å². The first-order chi connectivity index (χ1) is 9.85. The highest BCUT2D eigenvalue weighted by atomic mass is 127.